The Morgan fingerprint density at radius 3 is 2.88 bits per heavy atom. The van der Waals surface area contributed by atoms with E-state index in [9.17, 15) is 19.5 Å². The Morgan fingerprint density at radius 1 is 1.36 bits per heavy atom. The van der Waals surface area contributed by atoms with E-state index in [4.69, 9.17) is 10.6 Å². The predicted molar refractivity (Wildman–Crippen MR) is 153 cm³/mol. The lowest BCUT2D eigenvalue weighted by atomic mass is 10.0. The minimum Gasteiger partial charge on any atom is -0.477 e. The maximum atomic E-state index is 13.3. The van der Waals surface area contributed by atoms with Crippen molar-refractivity contribution in [3.8, 4) is 0 Å². The van der Waals surface area contributed by atoms with Gasteiger partial charge in [-0.1, -0.05) is 5.16 Å². The molecule has 2 unspecified atom stereocenters. The molecule has 3 aromatic rings. The summed E-state index contributed by atoms with van der Waals surface area (Å²) in [6.07, 6.45) is 5.73. The van der Waals surface area contributed by atoms with Gasteiger partial charge in [-0.25, -0.2) is 9.36 Å². The average Bonchev–Trinajstić information content (AvgIpc) is 3.63. The molecule has 0 bridgehead atoms. The number of anilines is 1. The number of nitrogens with one attached hydrogen (secondary N) is 2. The van der Waals surface area contributed by atoms with Crippen molar-refractivity contribution in [2.75, 3.05) is 31.2 Å². The highest BCUT2D eigenvalue weighted by Gasteiger charge is 2.54. The Hall–Kier alpha value is -4.09. The Labute approximate surface area is 248 Å². The normalized spacial score (nSPS) is 21.3. The van der Waals surface area contributed by atoms with Gasteiger partial charge in [0.15, 0.2) is 5.13 Å². The number of carbonyl (C=O) groups excluding carboxylic acids is 2. The van der Waals surface area contributed by atoms with Crippen LogP contribution in [0.15, 0.2) is 41.1 Å². The minimum atomic E-state index is -1.21. The van der Waals surface area contributed by atoms with Gasteiger partial charge < -0.3 is 30.9 Å². The standard InChI is InChI=1S/C25H28N10O5S2/c1-2-40-31-16(19-30-25(26)42-32-19)21(36)29-17-22(37)35-18(24(38)39)13(11-41-23(17)35)10-33-9-3-4-15-20(33)28-12-34(15)14-5-7-27-8-6-14/h3-4,9,12,14,17,23,27H,2,5-8,10-11H2,1H3,(H3-,26,29,30,32,36,38,39)/p+1. The summed E-state index contributed by atoms with van der Waals surface area (Å²) < 4.78 is 8.12. The molecule has 2 amide bonds. The van der Waals surface area contributed by atoms with E-state index in [2.05, 4.69) is 34.7 Å². The van der Waals surface area contributed by atoms with Gasteiger partial charge in [0.1, 0.15) is 35.8 Å². The molecule has 220 valence electrons. The lowest BCUT2D eigenvalue weighted by Gasteiger charge is -2.49. The van der Waals surface area contributed by atoms with E-state index in [0.29, 0.717) is 17.4 Å². The van der Waals surface area contributed by atoms with Gasteiger partial charge in [0, 0.05) is 28.9 Å². The summed E-state index contributed by atoms with van der Waals surface area (Å²) in [6.45, 7) is 4.05. The number of carbonyl (C=O) groups is 3. The molecule has 2 atom stereocenters. The molecule has 3 aliphatic heterocycles. The van der Waals surface area contributed by atoms with E-state index in [1.165, 1.54) is 16.7 Å². The smallest absolute Gasteiger partial charge is 0.352 e. The van der Waals surface area contributed by atoms with Gasteiger partial charge in [-0.15, -0.1) is 11.8 Å². The van der Waals surface area contributed by atoms with Crippen LogP contribution in [0.4, 0.5) is 5.13 Å². The minimum absolute atomic E-state index is 0.0226. The van der Waals surface area contributed by atoms with E-state index in [1.807, 2.05) is 29.2 Å². The highest BCUT2D eigenvalue weighted by Crippen LogP contribution is 2.40. The number of thioether (sulfide) groups is 1. The summed E-state index contributed by atoms with van der Waals surface area (Å²) in [5, 5.41) is 19.6. The number of aliphatic carboxylic acids is 1. The third kappa shape index (κ3) is 5.07. The Balaban J connectivity index is 1.23. The van der Waals surface area contributed by atoms with Crippen LogP contribution >= 0.6 is 23.3 Å². The maximum Gasteiger partial charge on any atom is 0.352 e. The molecule has 0 aliphatic carbocycles. The molecule has 42 heavy (non-hydrogen) atoms. The van der Waals surface area contributed by atoms with Crippen molar-refractivity contribution in [3.05, 3.63) is 41.8 Å². The summed E-state index contributed by atoms with van der Waals surface area (Å²) >= 11 is 2.27. The van der Waals surface area contributed by atoms with E-state index in [1.54, 1.807) is 6.92 Å². The molecule has 0 aromatic carbocycles. The van der Waals surface area contributed by atoms with Crippen molar-refractivity contribution in [2.24, 2.45) is 5.16 Å². The van der Waals surface area contributed by atoms with Gasteiger partial charge in [-0.3, -0.25) is 14.5 Å². The molecule has 2 fully saturated rings. The molecule has 3 aliphatic rings. The zero-order valence-electron chi connectivity index (χ0n) is 22.6. The first-order valence-electron chi connectivity index (χ1n) is 13.4. The van der Waals surface area contributed by atoms with Gasteiger partial charge in [0.2, 0.25) is 17.9 Å². The number of aromatic nitrogens is 5. The summed E-state index contributed by atoms with van der Waals surface area (Å²) in [5.74, 6) is -2.13. The molecule has 0 spiro atoms. The number of rotatable bonds is 9. The first-order valence-corrected chi connectivity index (χ1v) is 15.3. The van der Waals surface area contributed by atoms with Gasteiger partial charge in [0.05, 0.1) is 6.20 Å². The van der Waals surface area contributed by atoms with E-state index in [-0.39, 0.29) is 35.5 Å². The third-order valence-corrected chi connectivity index (χ3v) is 9.24. The number of β-lactam (4-membered cyclic amide) rings is 1. The molecule has 6 heterocycles. The van der Waals surface area contributed by atoms with E-state index in [0.717, 1.165) is 48.6 Å². The monoisotopic (exact) mass is 613 g/mol. The second kappa shape index (κ2) is 11.7. The van der Waals surface area contributed by atoms with Crippen molar-refractivity contribution in [3.63, 3.8) is 0 Å². The quantitative estimate of drug-likeness (QED) is 0.109. The number of pyridine rings is 1. The number of imidazole rings is 1. The van der Waals surface area contributed by atoms with Crippen molar-refractivity contribution in [2.45, 2.75) is 43.8 Å². The number of hydrogen-bond acceptors (Lipinski definition) is 12. The summed E-state index contributed by atoms with van der Waals surface area (Å²) in [5.41, 5.74) is 7.66. The molecule has 17 heteroatoms. The second-order valence-electron chi connectivity index (χ2n) is 9.91. The predicted octanol–water partition coefficient (Wildman–Crippen LogP) is -0.139. The zero-order chi connectivity index (χ0) is 29.4. The zero-order valence-corrected chi connectivity index (χ0v) is 24.2. The Bertz CT molecular complexity index is 1610. The largest absolute Gasteiger partial charge is 0.477 e. The highest BCUT2D eigenvalue weighted by molar-refractivity contribution is 8.00. The van der Waals surface area contributed by atoms with E-state index >= 15 is 0 Å². The number of nitrogens with zero attached hydrogens (tertiary/aromatic N) is 7. The van der Waals surface area contributed by atoms with Crippen molar-refractivity contribution >= 4 is 63.1 Å². The second-order valence-corrected chi connectivity index (χ2v) is 11.8. The van der Waals surface area contributed by atoms with Crippen LogP contribution in [0.5, 0.6) is 0 Å². The fourth-order valence-corrected chi connectivity index (χ4v) is 7.19. The molecule has 0 saturated carbocycles. The maximum absolute atomic E-state index is 13.3. The number of oxime groups is 1. The summed E-state index contributed by atoms with van der Waals surface area (Å²) in [6, 6.07) is 3.33. The van der Waals surface area contributed by atoms with Crippen LogP contribution in [0.25, 0.3) is 11.2 Å². The number of nitrogens with two attached hydrogens (primary N) is 1. The lowest BCUT2D eigenvalue weighted by molar-refractivity contribution is -0.664. The number of piperidine rings is 1. The molecular formula is C25H29N10O5S2+. The van der Waals surface area contributed by atoms with Gasteiger partial charge in [-0.2, -0.15) is 9.36 Å². The molecular weight excluding hydrogens is 584 g/mol. The number of nitrogen functional groups attached to an aromatic ring is 1. The fraction of sp³-hybridized carbons (Fsp3) is 0.440. The Morgan fingerprint density at radius 2 is 2.17 bits per heavy atom. The first kappa shape index (κ1) is 28.0. The number of carboxylic acid groups (broad SMARTS) is 1. The summed E-state index contributed by atoms with van der Waals surface area (Å²) in [7, 11) is 0. The molecule has 0 radical (unpaired) electrons. The van der Waals surface area contributed by atoms with Crippen LogP contribution in [0.2, 0.25) is 0 Å². The van der Waals surface area contributed by atoms with Crippen molar-refractivity contribution < 1.29 is 28.9 Å². The fourth-order valence-electron chi connectivity index (χ4n) is 5.42. The number of hydrogen-bond donors (Lipinski definition) is 4. The van der Waals surface area contributed by atoms with Crippen molar-refractivity contribution in [1.29, 1.82) is 0 Å². The number of fused-ring (bicyclic) bond motifs is 2. The molecule has 5 N–H and O–H groups in total. The van der Waals surface area contributed by atoms with Crippen LogP contribution in [0.3, 0.4) is 0 Å². The number of amides is 2. The molecule has 2 saturated heterocycles. The highest BCUT2D eigenvalue weighted by atomic mass is 32.2. The van der Waals surface area contributed by atoms with Gasteiger partial charge in [-0.05, 0) is 50.0 Å². The molecule has 6 rings (SSSR count). The van der Waals surface area contributed by atoms with Crippen LogP contribution in [0, 0.1) is 0 Å². The topological polar surface area (TPSA) is 194 Å². The third-order valence-electron chi connectivity index (χ3n) is 7.36. The number of carboxylic acids is 1. The van der Waals surface area contributed by atoms with Gasteiger partial charge in [0.25, 0.3) is 11.8 Å². The van der Waals surface area contributed by atoms with Crippen LogP contribution in [0.1, 0.15) is 31.6 Å². The average molecular weight is 614 g/mol. The molecule has 3 aromatic heterocycles. The Kier molecular flexibility index (Phi) is 7.78. The SMILES string of the molecule is CCON=C(C(=O)NC1C(=O)N2C(C(=O)O)=C(C[n+]3cccc4c3ncn4C3CCNCC3)CSC12)c1nsc(N)n1. The lowest BCUT2D eigenvalue weighted by Crippen LogP contribution is -2.71. The van der Waals surface area contributed by atoms with Crippen LogP contribution < -0.4 is 20.9 Å². The van der Waals surface area contributed by atoms with Crippen LogP contribution in [-0.2, 0) is 25.8 Å². The van der Waals surface area contributed by atoms with Crippen molar-refractivity contribution in [1.82, 2.24) is 34.4 Å². The van der Waals surface area contributed by atoms with Gasteiger partial charge >= 0.3 is 11.6 Å². The van der Waals surface area contributed by atoms with E-state index < -0.39 is 29.2 Å². The molecule has 15 nitrogen and oxygen atoms in total. The first-order chi connectivity index (χ1) is 20.4. The van der Waals surface area contributed by atoms with Crippen LogP contribution in [-0.4, -0.2) is 89.3 Å². The summed E-state index contributed by atoms with van der Waals surface area (Å²) in [4.78, 5) is 53.7.